The molecule has 0 bridgehead atoms. The van der Waals surface area contributed by atoms with Gasteiger partial charge < -0.3 is 16.6 Å². The molecule has 5 N–H and O–H groups in total. The van der Waals surface area contributed by atoms with Crippen LogP contribution in [0.25, 0.3) is 0 Å². The zero-order chi connectivity index (χ0) is 13.1. The number of hydrogen-bond donors (Lipinski definition) is 3. The summed E-state index contributed by atoms with van der Waals surface area (Å²) in [6.45, 7) is 0. The number of aliphatic hydroxyl groups is 1. The van der Waals surface area contributed by atoms with Crippen LogP contribution >= 0.6 is 11.6 Å². The maximum Gasteiger partial charge on any atom is 0.126 e. The smallest absolute Gasteiger partial charge is 0.126 e. The first-order chi connectivity index (χ1) is 8.58. The van der Waals surface area contributed by atoms with Gasteiger partial charge in [0.15, 0.2) is 0 Å². The second-order valence-electron chi connectivity index (χ2n) is 4.04. The van der Waals surface area contributed by atoms with E-state index < -0.39 is 6.10 Å². The van der Waals surface area contributed by atoms with E-state index in [-0.39, 0.29) is 0 Å². The molecule has 2 aromatic rings. The molecule has 5 heteroatoms. The van der Waals surface area contributed by atoms with Crippen LogP contribution in [0.2, 0.25) is 5.02 Å². The van der Waals surface area contributed by atoms with Crippen molar-refractivity contribution in [2.75, 3.05) is 11.5 Å². The minimum absolute atomic E-state index is 0.367. The van der Waals surface area contributed by atoms with Crippen LogP contribution in [0, 0.1) is 0 Å². The van der Waals surface area contributed by atoms with Crippen LogP contribution in [0.4, 0.5) is 11.5 Å². The van der Waals surface area contributed by atoms with Gasteiger partial charge in [-0.1, -0.05) is 23.7 Å². The molecule has 0 amide bonds. The first kappa shape index (κ1) is 12.7. The maximum absolute atomic E-state index is 10.2. The fraction of sp³-hybridized carbons (Fsp3) is 0.154. The van der Waals surface area contributed by atoms with Crippen molar-refractivity contribution < 1.29 is 5.11 Å². The number of anilines is 2. The molecule has 4 nitrogen and oxygen atoms in total. The van der Waals surface area contributed by atoms with Crippen molar-refractivity contribution in [2.24, 2.45) is 0 Å². The summed E-state index contributed by atoms with van der Waals surface area (Å²) in [5.41, 5.74) is 13.5. The quantitative estimate of drug-likeness (QED) is 0.741. The van der Waals surface area contributed by atoms with Crippen molar-refractivity contribution in [2.45, 2.75) is 12.5 Å². The third-order valence-corrected chi connectivity index (χ3v) is 2.98. The van der Waals surface area contributed by atoms with Gasteiger partial charge in [-0.3, -0.25) is 0 Å². The maximum atomic E-state index is 10.2. The van der Waals surface area contributed by atoms with Gasteiger partial charge in [0.2, 0.25) is 0 Å². The summed E-state index contributed by atoms with van der Waals surface area (Å²) in [4.78, 5) is 3.98. The van der Waals surface area contributed by atoms with Gasteiger partial charge in [0, 0.05) is 28.9 Å². The van der Waals surface area contributed by atoms with Crippen LogP contribution in [0.15, 0.2) is 36.5 Å². The number of nitrogens with zero attached hydrogens (tertiary/aromatic N) is 1. The molecule has 1 unspecified atom stereocenters. The highest BCUT2D eigenvalue weighted by atomic mass is 35.5. The van der Waals surface area contributed by atoms with Gasteiger partial charge >= 0.3 is 0 Å². The summed E-state index contributed by atoms with van der Waals surface area (Å²) in [5.74, 6) is 0.420. The van der Waals surface area contributed by atoms with Gasteiger partial charge in [-0.25, -0.2) is 4.98 Å². The summed E-state index contributed by atoms with van der Waals surface area (Å²) in [5, 5.41) is 10.7. The molecule has 0 radical (unpaired) electrons. The van der Waals surface area contributed by atoms with E-state index in [1.54, 1.807) is 30.5 Å². The lowest BCUT2D eigenvalue weighted by molar-refractivity contribution is 0.179. The Balaban J connectivity index is 2.22. The third kappa shape index (κ3) is 2.72. The molecule has 1 heterocycles. The molecular weight excluding hydrogens is 250 g/mol. The van der Waals surface area contributed by atoms with Crippen molar-refractivity contribution in [1.29, 1.82) is 0 Å². The molecular formula is C13H14ClN3O. The number of rotatable bonds is 3. The Labute approximate surface area is 110 Å². The molecule has 0 aliphatic carbocycles. The van der Waals surface area contributed by atoms with E-state index in [4.69, 9.17) is 23.1 Å². The lowest BCUT2D eigenvalue weighted by Gasteiger charge is -2.14. The van der Waals surface area contributed by atoms with E-state index >= 15 is 0 Å². The monoisotopic (exact) mass is 263 g/mol. The molecule has 0 aliphatic heterocycles. The number of halogens is 1. The SMILES string of the molecule is Nc1cc(Cl)ccc1C(O)Cc1cccnc1N. The third-order valence-electron chi connectivity index (χ3n) is 2.75. The lowest BCUT2D eigenvalue weighted by atomic mass is 10.0. The standard InChI is InChI=1S/C13H14ClN3O/c14-9-3-4-10(11(15)7-9)12(18)6-8-2-1-5-17-13(8)16/h1-5,7,12,18H,6,15H2,(H2,16,17). The molecule has 0 aliphatic rings. The molecule has 1 aromatic carbocycles. The Hall–Kier alpha value is -1.78. The molecule has 18 heavy (non-hydrogen) atoms. The van der Waals surface area contributed by atoms with Crippen LogP contribution in [-0.4, -0.2) is 10.1 Å². The highest BCUT2D eigenvalue weighted by Gasteiger charge is 2.13. The highest BCUT2D eigenvalue weighted by molar-refractivity contribution is 6.30. The largest absolute Gasteiger partial charge is 0.398 e. The van der Waals surface area contributed by atoms with Gasteiger partial charge in [0.25, 0.3) is 0 Å². The zero-order valence-corrected chi connectivity index (χ0v) is 10.4. The van der Waals surface area contributed by atoms with Crippen molar-refractivity contribution in [3.8, 4) is 0 Å². The van der Waals surface area contributed by atoms with E-state index in [1.165, 1.54) is 0 Å². The second-order valence-corrected chi connectivity index (χ2v) is 4.48. The number of aromatic nitrogens is 1. The Kier molecular flexibility index (Phi) is 3.69. The van der Waals surface area contributed by atoms with Crippen LogP contribution in [-0.2, 0) is 6.42 Å². The van der Waals surface area contributed by atoms with Crippen LogP contribution in [0.1, 0.15) is 17.2 Å². The highest BCUT2D eigenvalue weighted by Crippen LogP contribution is 2.27. The molecule has 1 atom stereocenters. The molecule has 0 fully saturated rings. The summed E-state index contributed by atoms with van der Waals surface area (Å²) < 4.78 is 0. The Morgan fingerprint density at radius 2 is 2.06 bits per heavy atom. The summed E-state index contributed by atoms with van der Waals surface area (Å²) >= 11 is 5.82. The number of benzene rings is 1. The number of nitrogen functional groups attached to an aromatic ring is 2. The average Bonchev–Trinajstić information content (AvgIpc) is 2.32. The lowest BCUT2D eigenvalue weighted by Crippen LogP contribution is -2.07. The number of pyridine rings is 1. The normalized spacial score (nSPS) is 12.3. The van der Waals surface area contributed by atoms with Gasteiger partial charge in [-0.15, -0.1) is 0 Å². The molecule has 0 saturated carbocycles. The van der Waals surface area contributed by atoms with Crippen molar-refractivity contribution in [3.05, 3.63) is 52.7 Å². The van der Waals surface area contributed by atoms with Gasteiger partial charge in [0.05, 0.1) is 6.10 Å². The summed E-state index contributed by atoms with van der Waals surface area (Å²) in [7, 11) is 0. The second kappa shape index (κ2) is 5.25. The van der Waals surface area contributed by atoms with Gasteiger partial charge in [-0.2, -0.15) is 0 Å². The fourth-order valence-corrected chi connectivity index (χ4v) is 1.97. The van der Waals surface area contributed by atoms with E-state index in [1.807, 2.05) is 6.07 Å². The zero-order valence-electron chi connectivity index (χ0n) is 9.68. The van der Waals surface area contributed by atoms with Crippen molar-refractivity contribution in [1.82, 2.24) is 4.98 Å². The Morgan fingerprint density at radius 1 is 1.28 bits per heavy atom. The summed E-state index contributed by atoms with van der Waals surface area (Å²) in [6, 6.07) is 8.64. The Morgan fingerprint density at radius 3 is 2.72 bits per heavy atom. The molecule has 0 spiro atoms. The van der Waals surface area contributed by atoms with Gasteiger partial charge in [0.1, 0.15) is 5.82 Å². The van der Waals surface area contributed by atoms with E-state index in [0.717, 1.165) is 5.56 Å². The Bertz CT molecular complexity index is 560. The molecule has 0 saturated heterocycles. The fourth-order valence-electron chi connectivity index (χ4n) is 1.79. The predicted molar refractivity (Wildman–Crippen MR) is 73.2 cm³/mol. The van der Waals surface area contributed by atoms with E-state index in [2.05, 4.69) is 4.98 Å². The minimum Gasteiger partial charge on any atom is -0.398 e. The first-order valence-corrected chi connectivity index (χ1v) is 5.88. The minimum atomic E-state index is -0.728. The number of aliphatic hydroxyl groups excluding tert-OH is 1. The van der Waals surface area contributed by atoms with Crippen LogP contribution in [0.3, 0.4) is 0 Å². The number of nitrogens with two attached hydrogens (primary N) is 2. The van der Waals surface area contributed by atoms with Crippen molar-refractivity contribution >= 4 is 23.1 Å². The summed E-state index contributed by atoms with van der Waals surface area (Å²) in [6.07, 6.45) is 1.25. The predicted octanol–water partition coefficient (Wildman–Crippen LogP) is 2.18. The van der Waals surface area contributed by atoms with Crippen molar-refractivity contribution in [3.63, 3.8) is 0 Å². The topological polar surface area (TPSA) is 85.2 Å². The average molecular weight is 264 g/mol. The van der Waals surface area contributed by atoms with Crippen LogP contribution < -0.4 is 11.5 Å². The number of hydrogen-bond acceptors (Lipinski definition) is 4. The molecule has 94 valence electrons. The van der Waals surface area contributed by atoms with Crippen LogP contribution in [0.5, 0.6) is 0 Å². The van der Waals surface area contributed by atoms with Gasteiger partial charge in [-0.05, 0) is 23.8 Å². The first-order valence-electron chi connectivity index (χ1n) is 5.50. The van der Waals surface area contributed by atoms with E-state index in [0.29, 0.717) is 28.5 Å². The molecule has 1 aromatic heterocycles. The molecule has 2 rings (SSSR count). The van der Waals surface area contributed by atoms with E-state index in [9.17, 15) is 5.11 Å².